The summed E-state index contributed by atoms with van der Waals surface area (Å²) in [4.78, 5) is 56.8. The minimum absolute atomic E-state index is 0.112. The molecular weight excluding hydrogens is 793 g/mol. The van der Waals surface area contributed by atoms with Crippen molar-refractivity contribution in [1.82, 2.24) is 19.9 Å². The molecule has 7 aromatic rings. The predicted molar refractivity (Wildman–Crippen MR) is 247 cm³/mol. The summed E-state index contributed by atoms with van der Waals surface area (Å²) >= 11 is 1.56. The molecule has 0 spiro atoms. The molecule has 3 aliphatic heterocycles. The zero-order chi connectivity index (χ0) is 42.3. The monoisotopic (exact) mass is 828 g/mol. The zero-order valence-electron chi connectivity index (χ0n) is 33.7. The van der Waals surface area contributed by atoms with Crippen LogP contribution >= 0.6 is 11.8 Å². The molecule has 62 heavy (non-hydrogen) atoms. The van der Waals surface area contributed by atoms with Gasteiger partial charge in [0.05, 0.1) is 63.9 Å². The first-order chi connectivity index (χ1) is 30.3. The van der Waals surface area contributed by atoms with Crippen molar-refractivity contribution >= 4 is 86.6 Å². The second-order valence-electron chi connectivity index (χ2n) is 14.8. The van der Waals surface area contributed by atoms with Crippen molar-refractivity contribution in [2.45, 2.75) is 18.7 Å². The van der Waals surface area contributed by atoms with E-state index in [2.05, 4.69) is 21.8 Å². The molecule has 0 saturated carbocycles. The van der Waals surface area contributed by atoms with Gasteiger partial charge in [0.15, 0.2) is 5.78 Å². The van der Waals surface area contributed by atoms with E-state index in [1.807, 2.05) is 109 Å². The maximum atomic E-state index is 13.0. The van der Waals surface area contributed by atoms with Crippen molar-refractivity contribution in [1.29, 1.82) is 0 Å². The maximum absolute atomic E-state index is 13.0. The number of nitrogens with zero attached hydrogens (tertiary/aromatic N) is 2. The van der Waals surface area contributed by atoms with Crippen LogP contribution in [0, 0.1) is 11.8 Å². The molecule has 9 nitrogen and oxygen atoms in total. The molecule has 10 heteroatoms. The van der Waals surface area contributed by atoms with Gasteiger partial charge >= 0.3 is 11.9 Å². The van der Waals surface area contributed by atoms with Crippen LogP contribution in [-0.4, -0.2) is 56.6 Å². The van der Waals surface area contributed by atoms with E-state index < -0.39 is 0 Å². The molecule has 6 heterocycles. The number of rotatable bonds is 6. The van der Waals surface area contributed by atoms with Gasteiger partial charge in [-0.1, -0.05) is 54.3 Å². The number of hydrogen-bond donors (Lipinski definition) is 2. The highest BCUT2D eigenvalue weighted by Gasteiger charge is 2.21. The lowest BCUT2D eigenvalue weighted by molar-refractivity contribution is 0.0517. The molecule has 0 unspecified atom stereocenters. The number of esters is 2. The molecule has 10 rings (SSSR count). The molecule has 0 radical (unpaired) electrons. The molecule has 3 aromatic heterocycles. The van der Waals surface area contributed by atoms with Crippen LogP contribution < -0.4 is 0 Å². The number of ketones is 1. The van der Waals surface area contributed by atoms with Crippen LogP contribution in [0.5, 0.6) is 0 Å². The number of ether oxygens (including phenoxy) is 2. The molecule has 0 fully saturated rings. The fourth-order valence-corrected chi connectivity index (χ4v) is 9.01. The Morgan fingerprint density at radius 1 is 0.661 bits per heavy atom. The predicted octanol–water partition coefficient (Wildman–Crippen LogP) is 11.2. The summed E-state index contributed by atoms with van der Waals surface area (Å²) in [5.41, 5.74) is 12.5. The van der Waals surface area contributed by atoms with E-state index in [1.54, 1.807) is 49.9 Å². The van der Waals surface area contributed by atoms with Crippen LogP contribution in [0.25, 0.3) is 79.4 Å². The van der Waals surface area contributed by atoms with E-state index in [1.165, 1.54) is 0 Å². The molecule has 0 atom stereocenters. The van der Waals surface area contributed by atoms with Crippen LogP contribution in [0.3, 0.4) is 0 Å². The third-order valence-corrected chi connectivity index (χ3v) is 12.0. The molecule has 3 aliphatic rings. The highest BCUT2D eigenvalue weighted by molar-refractivity contribution is 8.00. The number of thioether (sulfide) groups is 1. The van der Waals surface area contributed by atoms with Gasteiger partial charge in [0.1, 0.15) is 0 Å². The number of aromatic nitrogens is 4. The number of benzene rings is 4. The van der Waals surface area contributed by atoms with Crippen molar-refractivity contribution in [3.8, 4) is 34.1 Å². The van der Waals surface area contributed by atoms with Gasteiger partial charge in [-0.3, -0.25) is 4.79 Å². The Hall–Kier alpha value is -7.74. The standard InChI is InChI=1S/C52H36N4O5S/c1-3-60-51(58)33-12-8-31(9-13-33)48-42-21-18-35(53-42)28-36-19-22-43(54-36)49(32-10-14-34(15-11-32)52(59)61-4-2)45-26-24-41(56-45)38(40-23-25-44(48)55-40)20-16-30-17-27-47-50-37(30)6-5-7-39(50)46(57)29-62-47/h5-15,17-19,21-28,53,56H,3-4,29H2,1-2H3. The second kappa shape index (κ2) is 16.0. The van der Waals surface area contributed by atoms with Crippen molar-refractivity contribution in [3.05, 3.63) is 160 Å². The van der Waals surface area contributed by atoms with Crippen LogP contribution in [-0.2, 0) is 9.47 Å². The van der Waals surface area contributed by atoms with Crippen LogP contribution in [0.4, 0.5) is 0 Å². The van der Waals surface area contributed by atoms with Crippen LogP contribution in [0.15, 0.2) is 114 Å². The summed E-state index contributed by atoms with van der Waals surface area (Å²) in [5, 5.41) is 1.86. The molecule has 0 saturated heterocycles. The highest BCUT2D eigenvalue weighted by atomic mass is 32.2. The van der Waals surface area contributed by atoms with Gasteiger partial charge in [0.2, 0.25) is 0 Å². The van der Waals surface area contributed by atoms with Crippen molar-refractivity contribution in [3.63, 3.8) is 0 Å². The molecule has 300 valence electrons. The first kappa shape index (κ1) is 38.5. The van der Waals surface area contributed by atoms with E-state index in [0.717, 1.165) is 82.5 Å². The van der Waals surface area contributed by atoms with Gasteiger partial charge in [-0.2, -0.15) is 0 Å². The van der Waals surface area contributed by atoms with E-state index >= 15 is 0 Å². The van der Waals surface area contributed by atoms with Crippen LogP contribution in [0.2, 0.25) is 0 Å². The number of aromatic amines is 2. The fourth-order valence-electron chi connectivity index (χ4n) is 8.04. The van der Waals surface area contributed by atoms with E-state index in [-0.39, 0.29) is 30.9 Å². The highest BCUT2D eigenvalue weighted by Crippen LogP contribution is 2.38. The van der Waals surface area contributed by atoms with E-state index in [9.17, 15) is 14.4 Å². The van der Waals surface area contributed by atoms with Gasteiger partial charge in [-0.25, -0.2) is 19.6 Å². The number of nitrogens with one attached hydrogen (secondary N) is 2. The summed E-state index contributed by atoms with van der Waals surface area (Å²) in [6.07, 6.45) is 7.92. The minimum atomic E-state index is -0.382. The minimum Gasteiger partial charge on any atom is -0.462 e. The molecule has 4 aromatic carbocycles. The van der Waals surface area contributed by atoms with Gasteiger partial charge in [-0.15, -0.1) is 11.8 Å². The Morgan fingerprint density at radius 2 is 1.29 bits per heavy atom. The second-order valence-corrected chi connectivity index (χ2v) is 15.8. The van der Waals surface area contributed by atoms with Crippen molar-refractivity contribution in [2.24, 2.45) is 0 Å². The molecule has 8 bridgehead atoms. The largest absolute Gasteiger partial charge is 0.462 e. The molecule has 0 amide bonds. The lowest BCUT2D eigenvalue weighted by Gasteiger charge is -2.16. The van der Waals surface area contributed by atoms with Crippen LogP contribution in [0.1, 0.15) is 78.8 Å². The summed E-state index contributed by atoms with van der Waals surface area (Å²) in [6.45, 7) is 4.14. The Morgan fingerprint density at radius 3 is 2.00 bits per heavy atom. The molecule has 0 aliphatic carbocycles. The zero-order valence-corrected chi connectivity index (χ0v) is 34.5. The fraction of sp³-hybridized carbons (Fsp3) is 0.0962. The average molecular weight is 829 g/mol. The Kier molecular flexibility index (Phi) is 9.94. The van der Waals surface area contributed by atoms with Gasteiger partial charge < -0.3 is 19.4 Å². The van der Waals surface area contributed by atoms with Crippen molar-refractivity contribution < 1.29 is 23.9 Å². The number of hydrogen-bond acceptors (Lipinski definition) is 8. The molecule has 2 N–H and O–H groups in total. The Labute approximate surface area is 360 Å². The topological polar surface area (TPSA) is 127 Å². The quantitative estimate of drug-likeness (QED) is 0.125. The number of H-pyrrole nitrogens is 2. The SMILES string of the molecule is CCOC(=O)c1ccc(-c2c3nc(c(C#Cc4ccc5c6c(cccc46)C(=O)CS5)c4ccc([nH]4)c(-c4ccc(C(=O)OCC)cc4)c4nc(cc5ccc2[nH]5)C=C4)C=C3)cc1. The maximum Gasteiger partial charge on any atom is 0.338 e. The number of carbonyl (C=O) groups is 3. The summed E-state index contributed by atoms with van der Waals surface area (Å²) in [6, 6.07) is 34.6. The smallest absolute Gasteiger partial charge is 0.338 e. The molecular formula is C52H36N4O5S. The van der Waals surface area contributed by atoms with Crippen molar-refractivity contribution in [2.75, 3.05) is 19.0 Å². The first-order valence-corrected chi connectivity index (χ1v) is 21.3. The number of fused-ring (bicyclic) bond motifs is 8. The Bertz CT molecular complexity index is 3270. The van der Waals surface area contributed by atoms with Gasteiger partial charge in [-0.05, 0) is 121 Å². The van der Waals surface area contributed by atoms with Gasteiger partial charge in [0.25, 0.3) is 0 Å². The first-order valence-electron chi connectivity index (χ1n) is 20.3. The number of Topliss-reactive ketones (excluding diaryl/α,β-unsaturated/α-hetero) is 1. The number of carbonyl (C=O) groups excluding carboxylic acids is 3. The lowest BCUT2D eigenvalue weighted by Crippen LogP contribution is -2.08. The summed E-state index contributed by atoms with van der Waals surface area (Å²) in [5.74, 6) is 6.76. The average Bonchev–Trinajstić information content (AvgIpc) is 4.14. The third-order valence-electron chi connectivity index (χ3n) is 10.9. The Balaban J connectivity index is 1.24. The van der Waals surface area contributed by atoms with E-state index in [0.29, 0.717) is 33.8 Å². The summed E-state index contributed by atoms with van der Waals surface area (Å²) < 4.78 is 10.5. The summed E-state index contributed by atoms with van der Waals surface area (Å²) in [7, 11) is 0. The normalized spacial score (nSPS) is 12.6. The third kappa shape index (κ3) is 7.08. The van der Waals surface area contributed by atoms with E-state index in [4.69, 9.17) is 19.4 Å². The lowest BCUT2D eigenvalue weighted by atomic mass is 9.97. The van der Waals surface area contributed by atoms with Gasteiger partial charge in [0, 0.05) is 49.1 Å².